The Balaban J connectivity index is 1.84. The number of nitrogens with one attached hydrogen (secondary N) is 3. The van der Waals surface area contributed by atoms with Gasteiger partial charge in [-0.1, -0.05) is 13.8 Å². The lowest BCUT2D eigenvalue weighted by molar-refractivity contribution is -0.139. The van der Waals surface area contributed by atoms with Crippen LogP contribution in [0, 0.1) is 5.92 Å². The number of anilines is 1. The highest BCUT2D eigenvalue weighted by Gasteiger charge is 2.30. The predicted octanol–water partition coefficient (Wildman–Crippen LogP) is 2.68. The van der Waals surface area contributed by atoms with Gasteiger partial charge in [0.1, 0.15) is 24.1 Å². The number of hydrogen-bond donors (Lipinski definition) is 3. The second-order valence-corrected chi connectivity index (χ2v) is 7.24. The first kappa shape index (κ1) is 22.4. The molecule has 0 radical (unpaired) electrons. The van der Waals surface area contributed by atoms with Crippen molar-refractivity contribution >= 4 is 22.8 Å². The summed E-state index contributed by atoms with van der Waals surface area (Å²) >= 11 is 0. The minimum absolute atomic E-state index is 0.209. The van der Waals surface area contributed by atoms with Crippen molar-refractivity contribution in [3.05, 3.63) is 30.2 Å². The monoisotopic (exact) mass is 437 g/mol. The van der Waals surface area contributed by atoms with Gasteiger partial charge in [0.05, 0.1) is 12.8 Å². The Morgan fingerprint density at radius 3 is 2.74 bits per heavy atom. The van der Waals surface area contributed by atoms with Crippen LogP contribution in [0.5, 0.6) is 0 Å². The molecule has 0 saturated heterocycles. The molecule has 12 heteroatoms. The van der Waals surface area contributed by atoms with Gasteiger partial charge in [-0.2, -0.15) is 18.3 Å². The van der Waals surface area contributed by atoms with E-state index >= 15 is 0 Å². The summed E-state index contributed by atoms with van der Waals surface area (Å²) in [6.07, 6.45) is 0.187. The first-order valence-corrected chi connectivity index (χ1v) is 9.44. The third-order valence-electron chi connectivity index (χ3n) is 4.41. The molecule has 166 valence electrons. The average molecular weight is 437 g/mol. The van der Waals surface area contributed by atoms with Crippen molar-refractivity contribution in [2.45, 2.75) is 32.7 Å². The Hall–Kier alpha value is -3.28. The molecular weight excluding hydrogens is 415 g/mol. The number of carbonyl (C=O) groups excluding carboxylic acids is 1. The third kappa shape index (κ3) is 5.66. The van der Waals surface area contributed by atoms with Gasteiger partial charge in [-0.05, 0) is 17.5 Å². The maximum Gasteiger partial charge on any atom is 0.405 e. The summed E-state index contributed by atoms with van der Waals surface area (Å²) in [6, 6.07) is 0.952. The van der Waals surface area contributed by atoms with Gasteiger partial charge in [-0.25, -0.2) is 9.97 Å². The van der Waals surface area contributed by atoms with E-state index in [4.69, 9.17) is 4.74 Å². The van der Waals surface area contributed by atoms with Crippen molar-refractivity contribution in [3.8, 4) is 11.4 Å². The molecule has 0 aliphatic rings. The molecule has 1 atom stereocenters. The Kier molecular flexibility index (Phi) is 6.68. The van der Waals surface area contributed by atoms with Gasteiger partial charge in [-0.3, -0.25) is 4.79 Å². The quantitative estimate of drug-likeness (QED) is 0.496. The van der Waals surface area contributed by atoms with E-state index in [1.54, 1.807) is 33.4 Å². The van der Waals surface area contributed by atoms with Gasteiger partial charge in [0.2, 0.25) is 5.91 Å². The molecule has 0 aliphatic heterocycles. The number of fused-ring (bicyclic) bond motifs is 1. The molecule has 0 spiro atoms. The molecule has 0 fully saturated rings. The molecule has 0 bridgehead atoms. The Morgan fingerprint density at radius 1 is 1.29 bits per heavy atom. The van der Waals surface area contributed by atoms with E-state index in [2.05, 4.69) is 30.5 Å². The minimum Gasteiger partial charge on any atom is -0.380 e. The number of pyridine rings is 1. The first-order valence-electron chi connectivity index (χ1n) is 9.44. The molecule has 0 aliphatic carbocycles. The van der Waals surface area contributed by atoms with Crippen molar-refractivity contribution in [1.82, 2.24) is 30.5 Å². The number of rotatable bonds is 8. The van der Waals surface area contributed by atoms with E-state index in [-0.39, 0.29) is 17.6 Å². The largest absolute Gasteiger partial charge is 0.405 e. The molecule has 3 aromatic rings. The molecule has 3 aromatic heterocycles. The van der Waals surface area contributed by atoms with E-state index < -0.39 is 24.7 Å². The van der Waals surface area contributed by atoms with Gasteiger partial charge in [-0.15, -0.1) is 5.10 Å². The Labute approximate surface area is 175 Å². The minimum atomic E-state index is -4.49. The zero-order chi connectivity index (χ0) is 22.6. The van der Waals surface area contributed by atoms with Crippen LogP contribution >= 0.6 is 0 Å². The molecule has 3 N–H and O–H groups in total. The van der Waals surface area contributed by atoms with E-state index in [1.807, 2.05) is 11.4 Å². The van der Waals surface area contributed by atoms with Crippen LogP contribution in [-0.2, 0) is 16.1 Å². The molecular formula is C19H22F3N7O2. The normalized spacial score (nSPS) is 12.9. The first-order chi connectivity index (χ1) is 14.7. The lowest BCUT2D eigenvalue weighted by atomic mass is 10.0. The second kappa shape index (κ2) is 9.25. The van der Waals surface area contributed by atoms with Gasteiger partial charge in [0.15, 0.2) is 5.82 Å². The van der Waals surface area contributed by atoms with E-state index in [9.17, 15) is 18.0 Å². The van der Waals surface area contributed by atoms with Crippen molar-refractivity contribution in [3.63, 3.8) is 0 Å². The van der Waals surface area contributed by atoms with E-state index in [0.29, 0.717) is 17.8 Å². The fourth-order valence-corrected chi connectivity index (χ4v) is 2.96. The summed E-state index contributed by atoms with van der Waals surface area (Å²) in [7, 11) is 1.58. The second-order valence-electron chi connectivity index (χ2n) is 7.24. The standard InChI is InChI=1S/C19H22F3N7O2/c1-10(2)15(18(30)25-9-19(20,21)22)27-14-7-26-29-17(28-14)13-6-24-16-12(13)4-11(5-23-16)8-31-3/h4-7,10,15H,8-9H2,1-3H3,(H,23,24)(H,25,30)(H,27,28,29)/t15-/m1/s1. The number of aromatic nitrogens is 5. The number of aromatic amines is 1. The summed E-state index contributed by atoms with van der Waals surface area (Å²) < 4.78 is 42.5. The van der Waals surface area contributed by atoms with Gasteiger partial charge < -0.3 is 20.4 Å². The highest BCUT2D eigenvalue weighted by Crippen LogP contribution is 2.26. The maximum atomic E-state index is 12.4. The van der Waals surface area contributed by atoms with Crippen LogP contribution in [0.15, 0.2) is 24.7 Å². The topological polar surface area (TPSA) is 118 Å². The number of H-pyrrole nitrogens is 1. The highest BCUT2D eigenvalue weighted by molar-refractivity contribution is 5.92. The lowest BCUT2D eigenvalue weighted by Crippen LogP contribution is -2.46. The lowest BCUT2D eigenvalue weighted by Gasteiger charge is -2.22. The van der Waals surface area contributed by atoms with E-state index in [0.717, 1.165) is 10.9 Å². The van der Waals surface area contributed by atoms with Crippen molar-refractivity contribution in [1.29, 1.82) is 0 Å². The predicted molar refractivity (Wildman–Crippen MR) is 107 cm³/mol. The average Bonchev–Trinajstić information content (AvgIpc) is 3.13. The molecule has 3 heterocycles. The molecule has 3 rings (SSSR count). The van der Waals surface area contributed by atoms with Crippen molar-refractivity contribution in [2.75, 3.05) is 19.0 Å². The number of ether oxygens (including phenoxy) is 1. The van der Waals surface area contributed by atoms with Crippen LogP contribution in [0.25, 0.3) is 22.4 Å². The van der Waals surface area contributed by atoms with Crippen molar-refractivity contribution < 1.29 is 22.7 Å². The molecule has 0 aromatic carbocycles. The fourth-order valence-electron chi connectivity index (χ4n) is 2.96. The maximum absolute atomic E-state index is 12.4. The van der Waals surface area contributed by atoms with Crippen LogP contribution < -0.4 is 10.6 Å². The number of hydrogen-bond acceptors (Lipinski definition) is 7. The van der Waals surface area contributed by atoms with Crippen molar-refractivity contribution in [2.24, 2.45) is 5.92 Å². The number of nitrogens with zero attached hydrogens (tertiary/aromatic N) is 4. The number of amides is 1. The van der Waals surface area contributed by atoms with Gasteiger partial charge in [0, 0.05) is 30.5 Å². The Morgan fingerprint density at radius 2 is 2.06 bits per heavy atom. The summed E-state index contributed by atoms with van der Waals surface area (Å²) in [5.41, 5.74) is 2.13. The highest BCUT2D eigenvalue weighted by atomic mass is 19.4. The third-order valence-corrected chi connectivity index (χ3v) is 4.41. The number of alkyl halides is 3. The van der Waals surface area contributed by atoms with E-state index in [1.165, 1.54) is 6.20 Å². The van der Waals surface area contributed by atoms with Crippen LogP contribution in [-0.4, -0.2) is 56.9 Å². The smallest absolute Gasteiger partial charge is 0.380 e. The van der Waals surface area contributed by atoms with Gasteiger partial charge >= 0.3 is 6.18 Å². The van der Waals surface area contributed by atoms with Crippen LogP contribution in [0.3, 0.4) is 0 Å². The summed E-state index contributed by atoms with van der Waals surface area (Å²) in [6.45, 7) is 2.40. The summed E-state index contributed by atoms with van der Waals surface area (Å²) in [4.78, 5) is 24.0. The fraction of sp³-hybridized carbons (Fsp3) is 0.421. The molecule has 1 amide bonds. The summed E-state index contributed by atoms with van der Waals surface area (Å²) in [5, 5.41) is 13.5. The Bertz CT molecular complexity index is 1050. The zero-order valence-corrected chi connectivity index (χ0v) is 17.1. The summed E-state index contributed by atoms with van der Waals surface area (Å²) in [5.74, 6) is -0.611. The molecule has 0 unspecified atom stereocenters. The number of methoxy groups -OCH3 is 1. The number of carbonyl (C=O) groups is 1. The SMILES string of the molecule is COCc1cnc2[nH]cc(-c3nncc(N[C@@H](C(=O)NCC(F)(F)F)C(C)C)n3)c2c1. The van der Waals surface area contributed by atoms with Crippen LogP contribution in [0.1, 0.15) is 19.4 Å². The van der Waals surface area contributed by atoms with Crippen LogP contribution in [0.4, 0.5) is 19.0 Å². The molecule has 9 nitrogen and oxygen atoms in total. The van der Waals surface area contributed by atoms with Crippen LogP contribution in [0.2, 0.25) is 0 Å². The molecule has 0 saturated carbocycles. The molecule has 31 heavy (non-hydrogen) atoms. The zero-order valence-electron chi connectivity index (χ0n) is 17.1. The van der Waals surface area contributed by atoms with Gasteiger partial charge in [0.25, 0.3) is 0 Å². The number of halogens is 3.